The van der Waals surface area contributed by atoms with Gasteiger partial charge in [-0.25, -0.2) is 0 Å². The molecule has 146 valence electrons. The van der Waals surface area contributed by atoms with Gasteiger partial charge in [-0.3, -0.25) is 4.79 Å². The smallest absolute Gasteiger partial charge is 0.264 e. The minimum atomic E-state index is -0.358. The van der Waals surface area contributed by atoms with Crippen molar-refractivity contribution in [2.45, 2.75) is 6.10 Å². The molecule has 0 aromatic heterocycles. The molecule has 1 unspecified atom stereocenters. The minimum Gasteiger partial charge on any atom is -0.508 e. The van der Waals surface area contributed by atoms with Crippen LogP contribution in [-0.2, 0) is 9.53 Å². The summed E-state index contributed by atoms with van der Waals surface area (Å²) in [6.07, 6.45) is 6.59. The van der Waals surface area contributed by atoms with Crippen molar-refractivity contribution in [2.24, 2.45) is 0 Å². The maximum absolute atomic E-state index is 12.8. The number of nitrogens with zero attached hydrogens (tertiary/aromatic N) is 2. The van der Waals surface area contributed by atoms with Crippen LogP contribution in [0, 0.1) is 23.7 Å². The molecule has 29 heavy (non-hydrogen) atoms. The molecule has 0 saturated carbocycles. The number of hydrogen-bond acceptors (Lipinski definition) is 5. The third kappa shape index (κ3) is 5.38. The molecule has 1 heterocycles. The summed E-state index contributed by atoms with van der Waals surface area (Å²) >= 11 is 0. The molecule has 0 bridgehead atoms. The molecular formula is C23H20N2O4. The number of phenolic OH excluding ortho intramolecular Hbond substituents is 1. The van der Waals surface area contributed by atoms with E-state index in [0.29, 0.717) is 31.0 Å². The highest BCUT2D eigenvalue weighted by atomic mass is 16.5. The third-order valence-corrected chi connectivity index (χ3v) is 4.42. The lowest BCUT2D eigenvalue weighted by Gasteiger charge is -2.32. The molecule has 1 saturated heterocycles. The van der Waals surface area contributed by atoms with Crippen molar-refractivity contribution in [1.82, 2.24) is 4.90 Å². The number of terminal acetylenes is 1. The molecule has 1 N–H and O–H groups in total. The first-order valence-corrected chi connectivity index (χ1v) is 9.10. The Morgan fingerprint density at radius 2 is 2.14 bits per heavy atom. The first kappa shape index (κ1) is 20.0. The summed E-state index contributed by atoms with van der Waals surface area (Å²) in [6.45, 7) is 1.35. The monoisotopic (exact) mass is 388 g/mol. The summed E-state index contributed by atoms with van der Waals surface area (Å²) in [6, 6.07) is 15.4. The third-order valence-electron chi connectivity index (χ3n) is 4.42. The van der Waals surface area contributed by atoms with Crippen LogP contribution >= 0.6 is 0 Å². The van der Waals surface area contributed by atoms with E-state index in [0.717, 1.165) is 5.56 Å². The van der Waals surface area contributed by atoms with Gasteiger partial charge >= 0.3 is 0 Å². The zero-order valence-corrected chi connectivity index (χ0v) is 15.7. The van der Waals surface area contributed by atoms with Gasteiger partial charge in [-0.2, -0.15) is 5.26 Å². The molecule has 1 fully saturated rings. The molecule has 2 aromatic carbocycles. The summed E-state index contributed by atoms with van der Waals surface area (Å²) in [4.78, 5) is 14.4. The van der Waals surface area contributed by atoms with Gasteiger partial charge in [-0.05, 0) is 42.0 Å². The first-order chi connectivity index (χ1) is 14.1. The van der Waals surface area contributed by atoms with Gasteiger partial charge in [0.1, 0.15) is 35.9 Å². The topological polar surface area (TPSA) is 82.8 Å². The lowest BCUT2D eigenvalue weighted by molar-refractivity contribution is -0.135. The predicted molar refractivity (Wildman–Crippen MR) is 108 cm³/mol. The Bertz CT molecular complexity index is 983. The summed E-state index contributed by atoms with van der Waals surface area (Å²) < 4.78 is 11.4. The molecule has 2 aromatic rings. The van der Waals surface area contributed by atoms with E-state index in [1.165, 1.54) is 18.2 Å². The van der Waals surface area contributed by atoms with E-state index in [4.69, 9.17) is 15.9 Å². The van der Waals surface area contributed by atoms with E-state index in [9.17, 15) is 15.2 Å². The van der Waals surface area contributed by atoms with Crippen LogP contribution in [0.3, 0.4) is 0 Å². The average Bonchev–Trinajstić information content (AvgIpc) is 2.77. The van der Waals surface area contributed by atoms with Gasteiger partial charge < -0.3 is 19.5 Å². The number of benzene rings is 2. The van der Waals surface area contributed by atoms with Crippen molar-refractivity contribution in [3.05, 3.63) is 65.2 Å². The standard InChI is InChI=1S/C23H20N2O4/c1-2-17-4-3-5-21(13-17)29-16-22-15-25(10-11-28-22)23(27)19(14-24)12-18-6-8-20(26)9-7-18/h1,3-9,12-13,22,26H,10-11,15-16H2/b19-12+. The van der Waals surface area contributed by atoms with Gasteiger partial charge in [0, 0.05) is 12.1 Å². The van der Waals surface area contributed by atoms with Crippen LogP contribution in [0.1, 0.15) is 11.1 Å². The van der Waals surface area contributed by atoms with E-state index in [-0.39, 0.29) is 29.9 Å². The molecule has 1 amide bonds. The minimum absolute atomic E-state index is 0.0268. The zero-order chi connectivity index (χ0) is 20.6. The molecule has 6 heteroatoms. The Balaban J connectivity index is 1.63. The van der Waals surface area contributed by atoms with Gasteiger partial charge in [0.15, 0.2) is 0 Å². The van der Waals surface area contributed by atoms with E-state index in [1.54, 1.807) is 29.2 Å². The number of phenols is 1. The molecule has 1 atom stereocenters. The maximum atomic E-state index is 12.8. The highest BCUT2D eigenvalue weighted by Gasteiger charge is 2.26. The number of hydrogen-bond donors (Lipinski definition) is 1. The molecular weight excluding hydrogens is 368 g/mol. The van der Waals surface area contributed by atoms with Gasteiger partial charge in [0.2, 0.25) is 0 Å². The Morgan fingerprint density at radius 3 is 2.86 bits per heavy atom. The van der Waals surface area contributed by atoms with Gasteiger partial charge in [-0.1, -0.05) is 24.1 Å². The average molecular weight is 388 g/mol. The van der Waals surface area contributed by atoms with E-state index in [1.807, 2.05) is 18.2 Å². The number of rotatable bonds is 5. The van der Waals surface area contributed by atoms with Crippen molar-refractivity contribution in [3.63, 3.8) is 0 Å². The molecule has 6 nitrogen and oxygen atoms in total. The number of carbonyl (C=O) groups excluding carboxylic acids is 1. The van der Waals surface area contributed by atoms with Crippen molar-refractivity contribution in [3.8, 4) is 29.9 Å². The molecule has 0 spiro atoms. The molecule has 0 aliphatic carbocycles. The van der Waals surface area contributed by atoms with Gasteiger partial charge in [-0.15, -0.1) is 6.42 Å². The van der Waals surface area contributed by atoms with Crippen molar-refractivity contribution >= 4 is 12.0 Å². The fraction of sp³-hybridized carbons (Fsp3) is 0.217. The molecule has 1 aliphatic heterocycles. The molecule has 1 aliphatic rings. The molecule has 0 radical (unpaired) electrons. The van der Waals surface area contributed by atoms with Crippen LogP contribution in [-0.4, -0.2) is 48.3 Å². The lowest BCUT2D eigenvalue weighted by atomic mass is 10.1. The predicted octanol–water partition coefficient (Wildman–Crippen LogP) is 2.59. The number of ether oxygens (including phenoxy) is 2. The second-order valence-corrected chi connectivity index (χ2v) is 6.49. The Kier molecular flexibility index (Phi) is 6.52. The first-order valence-electron chi connectivity index (χ1n) is 9.10. The number of morpholine rings is 1. The summed E-state index contributed by atoms with van der Waals surface area (Å²) in [7, 11) is 0. The Morgan fingerprint density at radius 1 is 1.34 bits per heavy atom. The largest absolute Gasteiger partial charge is 0.508 e. The van der Waals surface area contributed by atoms with E-state index in [2.05, 4.69) is 5.92 Å². The van der Waals surface area contributed by atoms with Crippen LogP contribution in [0.25, 0.3) is 6.08 Å². The maximum Gasteiger partial charge on any atom is 0.264 e. The fourth-order valence-electron chi connectivity index (χ4n) is 2.92. The van der Waals surface area contributed by atoms with Crippen molar-refractivity contribution in [2.75, 3.05) is 26.3 Å². The van der Waals surface area contributed by atoms with Crippen LogP contribution in [0.5, 0.6) is 11.5 Å². The SMILES string of the molecule is C#Cc1cccc(OCC2CN(C(=O)/C(C#N)=C/c3ccc(O)cc3)CCO2)c1. The van der Waals surface area contributed by atoms with E-state index >= 15 is 0 Å². The highest BCUT2D eigenvalue weighted by molar-refractivity contribution is 6.01. The quantitative estimate of drug-likeness (QED) is 0.484. The van der Waals surface area contributed by atoms with Crippen LogP contribution in [0.2, 0.25) is 0 Å². The fourth-order valence-corrected chi connectivity index (χ4v) is 2.92. The van der Waals surface area contributed by atoms with Crippen LogP contribution < -0.4 is 4.74 Å². The number of nitriles is 1. The number of amides is 1. The highest BCUT2D eigenvalue weighted by Crippen LogP contribution is 2.17. The zero-order valence-electron chi connectivity index (χ0n) is 15.7. The van der Waals surface area contributed by atoms with Crippen LogP contribution in [0.4, 0.5) is 0 Å². The summed E-state index contributed by atoms with van der Waals surface area (Å²) in [5, 5.41) is 18.8. The number of carbonyl (C=O) groups is 1. The normalized spacial score (nSPS) is 16.6. The van der Waals surface area contributed by atoms with Crippen molar-refractivity contribution < 1.29 is 19.4 Å². The van der Waals surface area contributed by atoms with Gasteiger partial charge in [0.05, 0.1) is 13.2 Å². The lowest BCUT2D eigenvalue weighted by Crippen LogP contribution is -2.48. The summed E-state index contributed by atoms with van der Waals surface area (Å²) in [5.74, 6) is 2.95. The van der Waals surface area contributed by atoms with E-state index < -0.39 is 0 Å². The van der Waals surface area contributed by atoms with Crippen LogP contribution in [0.15, 0.2) is 54.1 Å². The Hall–Kier alpha value is -3.74. The summed E-state index contributed by atoms with van der Waals surface area (Å²) in [5.41, 5.74) is 1.41. The molecule has 3 rings (SSSR count). The Labute approximate surface area is 169 Å². The number of aromatic hydroxyl groups is 1. The van der Waals surface area contributed by atoms with Gasteiger partial charge in [0.25, 0.3) is 5.91 Å². The van der Waals surface area contributed by atoms with Crippen molar-refractivity contribution in [1.29, 1.82) is 5.26 Å². The second-order valence-electron chi connectivity index (χ2n) is 6.49. The second kappa shape index (κ2) is 9.45.